The van der Waals surface area contributed by atoms with Gasteiger partial charge in [-0.15, -0.1) is 10.2 Å². The standard InChI is InChI=1S/C10H12ClN5/c11-8-5-13-10-15-14-9(16(10)6-8)7-1-3-12-4-2-7/h5-7,12H,1-4H2. The molecule has 1 aliphatic rings. The molecule has 3 rings (SSSR count). The second-order valence-corrected chi connectivity index (χ2v) is 4.46. The van der Waals surface area contributed by atoms with Crippen LogP contribution in [-0.2, 0) is 0 Å². The molecule has 84 valence electrons. The molecule has 2 aromatic heterocycles. The number of nitrogens with zero attached hydrogens (tertiary/aromatic N) is 4. The minimum absolute atomic E-state index is 0.455. The lowest BCUT2D eigenvalue weighted by Crippen LogP contribution is -2.27. The molecule has 0 atom stereocenters. The van der Waals surface area contributed by atoms with E-state index in [2.05, 4.69) is 20.5 Å². The first-order valence-electron chi connectivity index (χ1n) is 5.41. The predicted molar refractivity (Wildman–Crippen MR) is 60.6 cm³/mol. The number of hydrogen-bond acceptors (Lipinski definition) is 4. The summed E-state index contributed by atoms with van der Waals surface area (Å²) < 4.78 is 1.90. The molecule has 2 aromatic rings. The summed E-state index contributed by atoms with van der Waals surface area (Å²) in [7, 11) is 0. The van der Waals surface area contributed by atoms with Crippen LogP contribution in [0.15, 0.2) is 12.4 Å². The normalized spacial score (nSPS) is 18.1. The summed E-state index contributed by atoms with van der Waals surface area (Å²) >= 11 is 5.94. The van der Waals surface area contributed by atoms with Gasteiger partial charge in [-0.3, -0.25) is 4.40 Å². The lowest BCUT2D eigenvalue weighted by Gasteiger charge is -2.20. The average Bonchev–Trinajstić information content (AvgIpc) is 2.73. The van der Waals surface area contributed by atoms with E-state index in [1.54, 1.807) is 6.20 Å². The first kappa shape index (κ1) is 9.99. The van der Waals surface area contributed by atoms with E-state index in [1.807, 2.05) is 10.6 Å². The van der Waals surface area contributed by atoms with Crippen molar-refractivity contribution in [3.05, 3.63) is 23.2 Å². The van der Waals surface area contributed by atoms with Gasteiger partial charge in [0.1, 0.15) is 5.82 Å². The first-order valence-corrected chi connectivity index (χ1v) is 5.79. The van der Waals surface area contributed by atoms with Gasteiger partial charge in [-0.1, -0.05) is 11.6 Å². The zero-order valence-electron chi connectivity index (χ0n) is 8.73. The van der Waals surface area contributed by atoms with Crippen molar-refractivity contribution in [2.75, 3.05) is 13.1 Å². The highest BCUT2D eigenvalue weighted by Crippen LogP contribution is 2.24. The minimum atomic E-state index is 0.455. The summed E-state index contributed by atoms with van der Waals surface area (Å²) in [6.07, 6.45) is 5.61. The van der Waals surface area contributed by atoms with E-state index in [4.69, 9.17) is 11.6 Å². The van der Waals surface area contributed by atoms with Gasteiger partial charge >= 0.3 is 0 Å². The van der Waals surface area contributed by atoms with Gasteiger partial charge in [-0.2, -0.15) is 0 Å². The van der Waals surface area contributed by atoms with Crippen LogP contribution in [0.5, 0.6) is 0 Å². The van der Waals surface area contributed by atoms with E-state index in [1.165, 1.54) is 0 Å². The van der Waals surface area contributed by atoms with Gasteiger partial charge in [0.05, 0.1) is 11.2 Å². The van der Waals surface area contributed by atoms with Crippen LogP contribution < -0.4 is 5.32 Å². The number of rotatable bonds is 1. The summed E-state index contributed by atoms with van der Waals surface area (Å²) in [5.74, 6) is 2.06. The van der Waals surface area contributed by atoms with Crippen LogP contribution in [0.2, 0.25) is 5.02 Å². The molecule has 0 saturated carbocycles. The van der Waals surface area contributed by atoms with Crippen molar-refractivity contribution in [3.63, 3.8) is 0 Å². The van der Waals surface area contributed by atoms with E-state index in [0.717, 1.165) is 31.8 Å². The Hall–Kier alpha value is -1.20. The molecule has 0 aliphatic carbocycles. The molecule has 0 unspecified atom stereocenters. The van der Waals surface area contributed by atoms with Gasteiger partial charge < -0.3 is 5.32 Å². The third-order valence-electron chi connectivity index (χ3n) is 2.96. The number of fused-ring (bicyclic) bond motifs is 1. The molecule has 0 spiro atoms. The van der Waals surface area contributed by atoms with E-state index in [-0.39, 0.29) is 0 Å². The van der Waals surface area contributed by atoms with Crippen LogP contribution in [0.3, 0.4) is 0 Å². The monoisotopic (exact) mass is 237 g/mol. The van der Waals surface area contributed by atoms with Crippen molar-refractivity contribution in [2.24, 2.45) is 0 Å². The lowest BCUT2D eigenvalue weighted by atomic mass is 9.97. The third kappa shape index (κ3) is 1.66. The lowest BCUT2D eigenvalue weighted by molar-refractivity contribution is 0.442. The fraction of sp³-hybridized carbons (Fsp3) is 0.500. The molecule has 5 nitrogen and oxygen atoms in total. The topological polar surface area (TPSA) is 55.1 Å². The Bertz CT molecular complexity index is 503. The quantitative estimate of drug-likeness (QED) is 0.811. The van der Waals surface area contributed by atoms with Gasteiger partial charge in [0, 0.05) is 12.1 Å². The molecule has 0 amide bonds. The Kier molecular flexibility index (Phi) is 2.49. The predicted octanol–water partition coefficient (Wildman–Crippen LogP) is 1.24. The Morgan fingerprint density at radius 2 is 2.12 bits per heavy atom. The van der Waals surface area contributed by atoms with Crippen LogP contribution in [0.1, 0.15) is 24.6 Å². The maximum atomic E-state index is 5.94. The van der Waals surface area contributed by atoms with E-state index < -0.39 is 0 Å². The van der Waals surface area contributed by atoms with Crippen LogP contribution in [-0.4, -0.2) is 32.7 Å². The second kappa shape index (κ2) is 3.99. The smallest absolute Gasteiger partial charge is 0.255 e. The molecule has 1 aliphatic heterocycles. The van der Waals surface area contributed by atoms with Crippen LogP contribution in [0.25, 0.3) is 5.78 Å². The maximum absolute atomic E-state index is 5.94. The summed E-state index contributed by atoms with van der Waals surface area (Å²) in [4.78, 5) is 4.14. The van der Waals surface area contributed by atoms with E-state index in [9.17, 15) is 0 Å². The van der Waals surface area contributed by atoms with Crippen molar-refractivity contribution >= 4 is 17.4 Å². The SMILES string of the molecule is Clc1cnc2nnc(C3CCNCC3)n2c1. The highest BCUT2D eigenvalue weighted by atomic mass is 35.5. The number of aromatic nitrogens is 4. The van der Waals surface area contributed by atoms with Gasteiger partial charge in [0.2, 0.25) is 0 Å². The second-order valence-electron chi connectivity index (χ2n) is 4.02. The van der Waals surface area contributed by atoms with Gasteiger partial charge in [0.25, 0.3) is 5.78 Å². The largest absolute Gasteiger partial charge is 0.317 e. The number of piperidine rings is 1. The molecule has 6 heteroatoms. The molecule has 1 fully saturated rings. The van der Waals surface area contributed by atoms with Crippen LogP contribution in [0, 0.1) is 0 Å². The van der Waals surface area contributed by atoms with Crippen molar-refractivity contribution in [3.8, 4) is 0 Å². The van der Waals surface area contributed by atoms with Crippen molar-refractivity contribution < 1.29 is 0 Å². The molecule has 16 heavy (non-hydrogen) atoms. The minimum Gasteiger partial charge on any atom is -0.317 e. The van der Waals surface area contributed by atoms with Gasteiger partial charge in [-0.25, -0.2) is 4.98 Å². The summed E-state index contributed by atoms with van der Waals surface area (Å²) in [6, 6.07) is 0. The summed E-state index contributed by atoms with van der Waals surface area (Å²) in [5.41, 5.74) is 0. The fourth-order valence-electron chi connectivity index (χ4n) is 2.14. The molecule has 1 N–H and O–H groups in total. The molecule has 0 radical (unpaired) electrons. The Labute approximate surface area is 97.8 Å². The molecule has 3 heterocycles. The zero-order valence-corrected chi connectivity index (χ0v) is 9.48. The van der Waals surface area contributed by atoms with Crippen LogP contribution in [0.4, 0.5) is 0 Å². The molecule has 1 saturated heterocycles. The zero-order chi connectivity index (χ0) is 11.0. The van der Waals surface area contributed by atoms with Crippen LogP contribution >= 0.6 is 11.6 Å². The van der Waals surface area contributed by atoms with Crippen molar-refractivity contribution in [1.29, 1.82) is 0 Å². The summed E-state index contributed by atoms with van der Waals surface area (Å²) in [5, 5.41) is 12.2. The van der Waals surface area contributed by atoms with E-state index >= 15 is 0 Å². The molecular formula is C10H12ClN5. The third-order valence-corrected chi connectivity index (χ3v) is 3.16. The number of nitrogens with one attached hydrogen (secondary N) is 1. The Morgan fingerprint density at radius 1 is 1.31 bits per heavy atom. The van der Waals surface area contributed by atoms with Gasteiger partial charge in [0.15, 0.2) is 0 Å². The number of halogens is 1. The highest BCUT2D eigenvalue weighted by molar-refractivity contribution is 6.30. The van der Waals surface area contributed by atoms with E-state index in [0.29, 0.717) is 16.7 Å². The first-order chi connectivity index (χ1) is 7.84. The molecule has 0 bridgehead atoms. The van der Waals surface area contributed by atoms with Crippen molar-refractivity contribution in [1.82, 2.24) is 24.9 Å². The Morgan fingerprint density at radius 3 is 2.94 bits per heavy atom. The average molecular weight is 238 g/mol. The Balaban J connectivity index is 2.05. The fourth-order valence-corrected chi connectivity index (χ4v) is 2.29. The summed E-state index contributed by atoms with van der Waals surface area (Å²) in [6.45, 7) is 2.07. The molecule has 0 aromatic carbocycles. The number of hydrogen-bond donors (Lipinski definition) is 1. The maximum Gasteiger partial charge on any atom is 0.255 e. The van der Waals surface area contributed by atoms with Crippen molar-refractivity contribution in [2.45, 2.75) is 18.8 Å². The molecular weight excluding hydrogens is 226 g/mol. The van der Waals surface area contributed by atoms with Gasteiger partial charge in [-0.05, 0) is 25.9 Å². The highest BCUT2D eigenvalue weighted by Gasteiger charge is 2.20.